The van der Waals surface area contributed by atoms with Gasteiger partial charge in [0.15, 0.2) is 0 Å². The topological polar surface area (TPSA) is 90.4 Å². The number of amides is 3. The van der Waals surface area contributed by atoms with Gasteiger partial charge in [0.2, 0.25) is 17.7 Å². The quantitative estimate of drug-likeness (QED) is 0.221. The van der Waals surface area contributed by atoms with Crippen molar-refractivity contribution >= 4 is 33.7 Å². The van der Waals surface area contributed by atoms with Gasteiger partial charge in [-0.3, -0.25) is 14.4 Å². The number of benzene rings is 1. The third-order valence-corrected chi connectivity index (χ3v) is 10.2. The molecular weight excluding hydrogens is 610 g/mol. The number of rotatable bonds is 15. The number of likely N-dealkylation sites (tertiary alicyclic amines) is 1. The molecule has 1 aromatic rings. The number of fused-ring (bicyclic) bond motifs is 1. The molecule has 1 aromatic carbocycles. The van der Waals surface area contributed by atoms with Gasteiger partial charge in [0, 0.05) is 30.5 Å². The Kier molecular flexibility index (Phi) is 10.9. The molecule has 3 aliphatic heterocycles. The monoisotopic (exact) mass is 657 g/mol. The van der Waals surface area contributed by atoms with Crippen molar-refractivity contribution in [1.82, 2.24) is 14.7 Å². The average Bonchev–Trinajstić information content (AvgIpc) is 3.57. The molecule has 1 spiro atoms. The molecular formula is C34H48BrN3O5. The average molecular weight is 659 g/mol. The van der Waals surface area contributed by atoms with Crippen molar-refractivity contribution in [2.45, 2.75) is 94.6 Å². The lowest BCUT2D eigenvalue weighted by molar-refractivity contribution is -0.153. The highest BCUT2D eigenvalue weighted by molar-refractivity contribution is 9.09. The molecule has 3 amide bonds. The van der Waals surface area contributed by atoms with E-state index in [1.54, 1.807) is 26.9 Å². The Balaban J connectivity index is 1.80. The van der Waals surface area contributed by atoms with Crippen LogP contribution >= 0.6 is 15.9 Å². The first-order valence-corrected chi connectivity index (χ1v) is 16.6. The molecule has 3 fully saturated rings. The zero-order valence-corrected chi connectivity index (χ0v) is 27.6. The van der Waals surface area contributed by atoms with Gasteiger partial charge in [-0.05, 0) is 37.7 Å². The van der Waals surface area contributed by atoms with Gasteiger partial charge in [-0.2, -0.15) is 0 Å². The number of nitrogens with zero attached hydrogens (tertiary/aromatic N) is 3. The van der Waals surface area contributed by atoms with Gasteiger partial charge in [0.1, 0.15) is 11.6 Å². The summed E-state index contributed by atoms with van der Waals surface area (Å²) in [6.07, 6.45) is 5.49. The molecule has 8 nitrogen and oxygen atoms in total. The van der Waals surface area contributed by atoms with Crippen LogP contribution in [0.2, 0.25) is 0 Å². The second kappa shape index (κ2) is 14.1. The number of ether oxygens (including phenoxy) is 1. The van der Waals surface area contributed by atoms with Crippen LogP contribution in [0.1, 0.15) is 58.9 Å². The van der Waals surface area contributed by atoms with Crippen molar-refractivity contribution in [3.63, 3.8) is 0 Å². The number of carbonyl (C=O) groups excluding carboxylic acids is 3. The van der Waals surface area contributed by atoms with E-state index in [1.165, 1.54) is 0 Å². The molecule has 0 aliphatic carbocycles. The summed E-state index contributed by atoms with van der Waals surface area (Å²) in [5.41, 5.74) is -0.211. The van der Waals surface area contributed by atoms with Crippen molar-refractivity contribution in [3.8, 4) is 0 Å². The van der Waals surface area contributed by atoms with Gasteiger partial charge in [-0.1, -0.05) is 85.6 Å². The predicted molar refractivity (Wildman–Crippen MR) is 171 cm³/mol. The molecule has 43 heavy (non-hydrogen) atoms. The molecule has 3 saturated heterocycles. The Bertz CT molecular complexity index is 1180. The Labute approximate surface area is 265 Å². The van der Waals surface area contributed by atoms with Gasteiger partial charge < -0.3 is 24.5 Å². The molecule has 9 heteroatoms. The lowest BCUT2D eigenvalue weighted by atomic mass is 9.70. The van der Waals surface area contributed by atoms with E-state index in [0.29, 0.717) is 32.5 Å². The van der Waals surface area contributed by atoms with Crippen LogP contribution < -0.4 is 0 Å². The van der Waals surface area contributed by atoms with E-state index >= 15 is 0 Å². The minimum atomic E-state index is -1.18. The van der Waals surface area contributed by atoms with Crippen LogP contribution in [0, 0.1) is 17.8 Å². The highest BCUT2D eigenvalue weighted by Crippen LogP contribution is 2.61. The molecule has 0 saturated carbocycles. The number of carbonyl (C=O) groups is 3. The van der Waals surface area contributed by atoms with E-state index in [9.17, 15) is 19.5 Å². The maximum absolute atomic E-state index is 14.7. The molecule has 4 unspecified atom stereocenters. The van der Waals surface area contributed by atoms with Crippen LogP contribution in [0.4, 0.5) is 0 Å². The van der Waals surface area contributed by atoms with Crippen molar-refractivity contribution in [3.05, 3.63) is 61.2 Å². The molecule has 236 valence electrons. The van der Waals surface area contributed by atoms with Crippen LogP contribution in [0.5, 0.6) is 0 Å². The zero-order valence-electron chi connectivity index (χ0n) is 26.0. The lowest BCUT2D eigenvalue weighted by Crippen LogP contribution is -2.60. The maximum atomic E-state index is 14.7. The molecule has 3 aliphatic rings. The Morgan fingerprint density at radius 2 is 1.84 bits per heavy atom. The fourth-order valence-corrected chi connectivity index (χ4v) is 8.55. The Hall–Kier alpha value is -2.49. The van der Waals surface area contributed by atoms with Crippen LogP contribution in [0.15, 0.2) is 55.6 Å². The van der Waals surface area contributed by atoms with E-state index < -0.39 is 35.6 Å². The molecule has 2 bridgehead atoms. The second-order valence-corrected chi connectivity index (χ2v) is 14.0. The van der Waals surface area contributed by atoms with Gasteiger partial charge in [0.25, 0.3) is 0 Å². The van der Waals surface area contributed by atoms with Crippen LogP contribution in [0.25, 0.3) is 0 Å². The SMILES string of the molecule is C=CCN(Cc1ccccc1)C(=O)[C@H]1[C@@H]2OC3(CC2Br)C(C(=O)N(CC=C)C(C)CCC)N([C@@H](CO)CC(C)C)C(=O)[C@H]13. The van der Waals surface area contributed by atoms with Crippen LogP contribution in [-0.4, -0.2) is 91.9 Å². The first kappa shape index (κ1) is 33.4. The molecule has 0 radical (unpaired) electrons. The standard InChI is InChI=1S/C34H48BrN3O5/c1-7-13-23(6)37(17-9-3)33(42)30-34-19-26(35)29(43-34)27(28(34)32(41)38(30)25(21-39)18-22(4)5)31(40)36(16-8-2)20-24-14-11-10-12-15-24/h8-12,14-15,22-23,25-30,39H,2-3,7,13,16-21H2,1,4-6H3/t23?,25-,26?,27-,28+,29-,30?,34?/m1/s1. The fourth-order valence-electron chi connectivity index (χ4n) is 7.60. The number of aliphatic hydroxyl groups is 1. The van der Waals surface area contributed by atoms with Gasteiger partial charge in [0.05, 0.1) is 30.6 Å². The van der Waals surface area contributed by atoms with E-state index in [1.807, 2.05) is 51.1 Å². The third kappa shape index (κ3) is 6.22. The number of aliphatic hydroxyl groups excluding tert-OH is 1. The number of halogens is 1. The zero-order chi connectivity index (χ0) is 31.5. The van der Waals surface area contributed by atoms with Crippen LogP contribution in [-0.2, 0) is 25.7 Å². The van der Waals surface area contributed by atoms with E-state index in [-0.39, 0.29) is 41.1 Å². The summed E-state index contributed by atoms with van der Waals surface area (Å²) in [7, 11) is 0. The fraction of sp³-hybridized carbons (Fsp3) is 0.618. The number of hydrogen-bond donors (Lipinski definition) is 1. The number of hydrogen-bond acceptors (Lipinski definition) is 5. The Morgan fingerprint density at radius 1 is 1.16 bits per heavy atom. The highest BCUT2D eigenvalue weighted by Gasteiger charge is 2.77. The maximum Gasteiger partial charge on any atom is 0.248 e. The second-order valence-electron chi connectivity index (χ2n) is 12.8. The van der Waals surface area contributed by atoms with E-state index in [0.717, 1.165) is 18.4 Å². The van der Waals surface area contributed by atoms with Gasteiger partial charge in [-0.25, -0.2) is 0 Å². The van der Waals surface area contributed by atoms with Crippen molar-refractivity contribution < 1.29 is 24.2 Å². The van der Waals surface area contributed by atoms with Gasteiger partial charge in [-0.15, -0.1) is 13.2 Å². The van der Waals surface area contributed by atoms with E-state index in [4.69, 9.17) is 4.74 Å². The minimum absolute atomic E-state index is 0.0784. The summed E-state index contributed by atoms with van der Waals surface area (Å²) in [5.74, 6) is -2.09. The van der Waals surface area contributed by atoms with Gasteiger partial charge >= 0.3 is 0 Å². The number of alkyl halides is 1. The van der Waals surface area contributed by atoms with E-state index in [2.05, 4.69) is 36.0 Å². The summed E-state index contributed by atoms with van der Waals surface area (Å²) in [6, 6.07) is 8.13. The lowest BCUT2D eigenvalue weighted by Gasteiger charge is -2.41. The smallest absolute Gasteiger partial charge is 0.248 e. The summed E-state index contributed by atoms with van der Waals surface area (Å²) in [6.45, 7) is 16.7. The van der Waals surface area contributed by atoms with Crippen molar-refractivity contribution in [2.75, 3.05) is 19.7 Å². The van der Waals surface area contributed by atoms with Crippen molar-refractivity contribution in [1.29, 1.82) is 0 Å². The molecule has 0 aromatic heterocycles. The first-order chi connectivity index (χ1) is 20.6. The minimum Gasteiger partial charge on any atom is -0.394 e. The highest BCUT2D eigenvalue weighted by atomic mass is 79.9. The summed E-state index contributed by atoms with van der Waals surface area (Å²) >= 11 is 3.79. The third-order valence-electron chi connectivity index (χ3n) is 9.32. The molecule has 1 N–H and O–H groups in total. The van der Waals surface area contributed by atoms with Crippen molar-refractivity contribution in [2.24, 2.45) is 17.8 Å². The molecule has 3 heterocycles. The van der Waals surface area contributed by atoms with Crippen LogP contribution in [0.3, 0.4) is 0 Å². The molecule has 4 rings (SSSR count). The largest absolute Gasteiger partial charge is 0.394 e. The molecule has 8 atom stereocenters. The Morgan fingerprint density at radius 3 is 2.42 bits per heavy atom. The summed E-state index contributed by atoms with van der Waals surface area (Å²) in [4.78, 5) is 48.7. The predicted octanol–water partition coefficient (Wildman–Crippen LogP) is 4.56. The summed E-state index contributed by atoms with van der Waals surface area (Å²) in [5, 5.41) is 10.6. The summed E-state index contributed by atoms with van der Waals surface area (Å²) < 4.78 is 6.77. The normalized spacial score (nSPS) is 29.0. The first-order valence-electron chi connectivity index (χ1n) is 15.7.